The number of fused-ring (bicyclic) bond motifs is 1. The Balaban J connectivity index is 0.000000199. The summed E-state index contributed by atoms with van der Waals surface area (Å²) in [5.74, 6) is 0.900. The second kappa shape index (κ2) is 14.4. The standard InChI is InChI=1S/C18H29N3.C11H13FN2.C5H10O/c1-5-6-15-13(2)20-16(14-7-8-14)11-17(15)21-10-9-19-18(3,4)12-21;1-4-9-6-14-5-7(2)13-11(14)8(3)10(9)12;1-3-4-5(2)6/h11,14,19H,5-10,12H2,1-4H3;5-6H,4H2,1-3H3;3-4H2,1-2H3. The summed E-state index contributed by atoms with van der Waals surface area (Å²) in [6.07, 6.45) is 11.1. The van der Waals surface area contributed by atoms with Gasteiger partial charge in [-0.05, 0) is 85.3 Å². The largest absolute Gasteiger partial charge is 0.368 e. The van der Waals surface area contributed by atoms with Gasteiger partial charge >= 0.3 is 0 Å². The molecular formula is C34H52FN5O. The van der Waals surface area contributed by atoms with Gasteiger partial charge in [0.15, 0.2) is 0 Å². The molecule has 2 fully saturated rings. The Hall–Kier alpha value is -2.80. The Morgan fingerprint density at radius 3 is 2.34 bits per heavy atom. The number of Topliss-reactive ketones (excluding diaryl/α,β-unsaturated/α-hetero) is 1. The van der Waals surface area contributed by atoms with Crippen LogP contribution in [0, 0.1) is 26.6 Å². The Morgan fingerprint density at radius 1 is 1.10 bits per heavy atom. The zero-order valence-corrected chi connectivity index (χ0v) is 27.0. The number of pyridine rings is 2. The molecule has 0 aromatic carbocycles. The van der Waals surface area contributed by atoms with Gasteiger partial charge in [-0.25, -0.2) is 9.37 Å². The summed E-state index contributed by atoms with van der Waals surface area (Å²) in [4.78, 5) is 21.8. The maximum atomic E-state index is 13.7. The SMILES string of the molecule is CCCC(C)=O.CCCc1c(N2CCNC(C)(C)C2)cc(C2CC2)nc1C.CCc1cn2cc(C)nc2c(C)c1F. The van der Waals surface area contributed by atoms with Crippen molar-refractivity contribution in [3.05, 3.63) is 58.0 Å². The second-order valence-electron chi connectivity index (χ2n) is 12.4. The van der Waals surface area contributed by atoms with Crippen molar-refractivity contribution in [2.24, 2.45) is 0 Å². The number of ketones is 1. The fraction of sp³-hybridized carbons (Fsp3) is 0.618. The molecule has 226 valence electrons. The number of imidazole rings is 1. The third kappa shape index (κ3) is 8.84. The van der Waals surface area contributed by atoms with Crippen LogP contribution in [-0.4, -0.2) is 45.3 Å². The van der Waals surface area contributed by atoms with Crippen LogP contribution in [0.25, 0.3) is 5.65 Å². The molecule has 0 unspecified atom stereocenters. The molecule has 1 saturated heterocycles. The van der Waals surface area contributed by atoms with Gasteiger partial charge in [0.25, 0.3) is 0 Å². The molecule has 0 bridgehead atoms. The first-order valence-corrected chi connectivity index (χ1v) is 15.5. The molecular weight excluding hydrogens is 513 g/mol. The Labute approximate surface area is 247 Å². The van der Waals surface area contributed by atoms with Gasteiger partial charge < -0.3 is 19.4 Å². The van der Waals surface area contributed by atoms with E-state index in [-0.39, 0.29) is 17.1 Å². The number of aromatic nitrogens is 3. The third-order valence-corrected chi connectivity index (χ3v) is 7.81. The van der Waals surface area contributed by atoms with E-state index in [9.17, 15) is 9.18 Å². The Morgan fingerprint density at radius 2 is 1.80 bits per heavy atom. The minimum atomic E-state index is -0.120. The van der Waals surface area contributed by atoms with E-state index in [2.05, 4.69) is 49.0 Å². The molecule has 6 nitrogen and oxygen atoms in total. The number of rotatable bonds is 7. The van der Waals surface area contributed by atoms with Crippen LogP contribution in [0.15, 0.2) is 18.5 Å². The van der Waals surface area contributed by atoms with Gasteiger partial charge in [-0.15, -0.1) is 0 Å². The first kappa shape index (κ1) is 32.7. The molecule has 0 spiro atoms. The first-order chi connectivity index (χ1) is 19.4. The molecule has 0 atom stereocenters. The van der Waals surface area contributed by atoms with Crippen LogP contribution in [0.2, 0.25) is 0 Å². The van der Waals surface area contributed by atoms with Gasteiger partial charge in [0.05, 0.1) is 5.69 Å². The molecule has 41 heavy (non-hydrogen) atoms. The van der Waals surface area contributed by atoms with E-state index < -0.39 is 0 Å². The summed E-state index contributed by atoms with van der Waals surface area (Å²) >= 11 is 0. The fourth-order valence-corrected chi connectivity index (χ4v) is 5.54. The number of hydrogen-bond acceptors (Lipinski definition) is 5. The van der Waals surface area contributed by atoms with Crippen LogP contribution in [0.5, 0.6) is 0 Å². The lowest BCUT2D eigenvalue weighted by Gasteiger charge is -2.41. The molecule has 5 rings (SSSR count). The Bertz CT molecular complexity index is 1320. The minimum Gasteiger partial charge on any atom is -0.368 e. The van der Waals surface area contributed by atoms with Crippen molar-refractivity contribution in [3.8, 4) is 0 Å². The Kier molecular flexibility index (Phi) is 11.5. The smallest absolute Gasteiger partial charge is 0.142 e. The van der Waals surface area contributed by atoms with E-state index in [1.165, 1.54) is 41.9 Å². The number of halogens is 1. The lowest BCUT2D eigenvalue weighted by Crippen LogP contribution is -2.57. The number of anilines is 1. The molecule has 3 aromatic heterocycles. The number of aryl methyl sites for hydroxylation is 4. The molecule has 1 aliphatic heterocycles. The van der Waals surface area contributed by atoms with E-state index in [0.717, 1.165) is 61.7 Å². The monoisotopic (exact) mass is 565 g/mol. The van der Waals surface area contributed by atoms with Crippen molar-refractivity contribution >= 4 is 17.1 Å². The van der Waals surface area contributed by atoms with Crippen molar-refractivity contribution in [3.63, 3.8) is 0 Å². The molecule has 2 aliphatic rings. The fourth-order valence-electron chi connectivity index (χ4n) is 5.54. The highest BCUT2D eigenvalue weighted by atomic mass is 19.1. The molecule has 4 heterocycles. The number of nitrogens with one attached hydrogen (secondary N) is 1. The summed E-state index contributed by atoms with van der Waals surface area (Å²) in [6, 6.07) is 2.40. The predicted octanol–water partition coefficient (Wildman–Crippen LogP) is 7.44. The highest BCUT2D eigenvalue weighted by Crippen LogP contribution is 2.41. The first-order valence-electron chi connectivity index (χ1n) is 15.5. The van der Waals surface area contributed by atoms with Gasteiger partial charge in [0.1, 0.15) is 17.2 Å². The molecule has 0 radical (unpaired) electrons. The molecule has 1 N–H and O–H groups in total. The predicted molar refractivity (Wildman–Crippen MR) is 169 cm³/mol. The van der Waals surface area contributed by atoms with Crippen LogP contribution in [0.1, 0.15) is 113 Å². The summed E-state index contributed by atoms with van der Waals surface area (Å²) in [6.45, 7) is 21.6. The van der Waals surface area contributed by atoms with Gasteiger partial charge in [-0.1, -0.05) is 27.2 Å². The van der Waals surface area contributed by atoms with E-state index in [1.807, 2.05) is 37.6 Å². The number of carbonyl (C=O) groups excluding carboxylic acids is 1. The molecule has 1 saturated carbocycles. The normalized spacial score (nSPS) is 16.1. The summed E-state index contributed by atoms with van der Waals surface area (Å²) in [7, 11) is 0. The topological polar surface area (TPSA) is 62.5 Å². The van der Waals surface area contributed by atoms with Crippen LogP contribution >= 0.6 is 0 Å². The number of nitrogens with zero attached hydrogens (tertiary/aromatic N) is 4. The van der Waals surface area contributed by atoms with Crippen LogP contribution < -0.4 is 10.2 Å². The van der Waals surface area contributed by atoms with Crippen molar-refractivity contribution in [1.29, 1.82) is 0 Å². The molecule has 0 amide bonds. The van der Waals surface area contributed by atoms with Crippen molar-refractivity contribution < 1.29 is 9.18 Å². The molecule has 7 heteroatoms. The number of hydrogen-bond donors (Lipinski definition) is 1. The van der Waals surface area contributed by atoms with Crippen molar-refractivity contribution in [2.45, 2.75) is 119 Å². The quantitative estimate of drug-likeness (QED) is 0.323. The van der Waals surface area contributed by atoms with Gasteiger partial charge in [-0.3, -0.25) is 4.98 Å². The third-order valence-electron chi connectivity index (χ3n) is 7.81. The van der Waals surface area contributed by atoms with E-state index in [4.69, 9.17) is 4.98 Å². The molecule has 1 aliphatic carbocycles. The van der Waals surface area contributed by atoms with E-state index >= 15 is 0 Å². The van der Waals surface area contributed by atoms with E-state index in [1.54, 1.807) is 13.8 Å². The maximum absolute atomic E-state index is 13.7. The highest BCUT2D eigenvalue weighted by Gasteiger charge is 2.30. The highest BCUT2D eigenvalue weighted by molar-refractivity contribution is 5.75. The zero-order valence-electron chi connectivity index (χ0n) is 27.0. The number of carbonyl (C=O) groups is 1. The zero-order chi connectivity index (χ0) is 30.3. The van der Waals surface area contributed by atoms with Crippen LogP contribution in [-0.2, 0) is 17.6 Å². The summed E-state index contributed by atoms with van der Waals surface area (Å²) in [5.41, 5.74) is 8.73. The van der Waals surface area contributed by atoms with Crippen LogP contribution in [0.4, 0.5) is 10.1 Å². The van der Waals surface area contributed by atoms with Gasteiger partial charge in [0.2, 0.25) is 0 Å². The lowest BCUT2D eigenvalue weighted by molar-refractivity contribution is -0.117. The summed E-state index contributed by atoms with van der Waals surface area (Å²) < 4.78 is 15.6. The maximum Gasteiger partial charge on any atom is 0.142 e. The summed E-state index contributed by atoms with van der Waals surface area (Å²) in [5, 5.41) is 3.62. The van der Waals surface area contributed by atoms with E-state index in [0.29, 0.717) is 12.0 Å². The lowest BCUT2D eigenvalue weighted by atomic mass is 9.98. The average Bonchev–Trinajstić information content (AvgIpc) is 3.69. The van der Waals surface area contributed by atoms with Gasteiger partial charge in [-0.2, -0.15) is 0 Å². The van der Waals surface area contributed by atoms with Crippen LogP contribution in [0.3, 0.4) is 0 Å². The second-order valence-corrected chi connectivity index (χ2v) is 12.4. The van der Waals surface area contributed by atoms with Crippen molar-refractivity contribution in [2.75, 3.05) is 24.5 Å². The minimum absolute atomic E-state index is 0.120. The molecule has 3 aromatic rings. The van der Waals surface area contributed by atoms with Crippen molar-refractivity contribution in [1.82, 2.24) is 19.7 Å². The number of piperazine rings is 1. The average molecular weight is 566 g/mol. The van der Waals surface area contributed by atoms with Gasteiger partial charge in [0, 0.05) is 78.1 Å².